The zero-order chi connectivity index (χ0) is 18.0. The first-order valence-electron chi connectivity index (χ1n) is 7.59. The number of thiazole rings is 1. The minimum atomic E-state index is 0.433. The minimum Gasteiger partial charge on any atom is -0.235 e. The summed E-state index contributed by atoms with van der Waals surface area (Å²) in [6.07, 6.45) is 1.72. The Morgan fingerprint density at radius 1 is 1.16 bits per heavy atom. The van der Waals surface area contributed by atoms with Crippen LogP contribution in [0, 0.1) is 25.2 Å². The second kappa shape index (κ2) is 7.41. The van der Waals surface area contributed by atoms with E-state index in [1.165, 1.54) is 22.5 Å². The van der Waals surface area contributed by atoms with Crippen LogP contribution in [0.2, 0.25) is 10.0 Å². The molecule has 0 aliphatic rings. The molecular formula is C20H14Cl2N2S. The standard InChI is InChI=1S/C20H14Cl2N2S/c1-12-6-7-14(8-13(12)2)18-11-25-20(24-18)16(10-23)9-15-4-3-5-17(21)19(15)22/h3-9,11H,1-2H3/b16-9-. The van der Waals surface area contributed by atoms with Crippen LogP contribution in [-0.2, 0) is 0 Å². The Balaban J connectivity index is 1.99. The molecule has 0 fully saturated rings. The minimum absolute atomic E-state index is 0.433. The maximum atomic E-state index is 9.53. The lowest BCUT2D eigenvalue weighted by molar-refractivity contribution is 1.32. The number of rotatable bonds is 3. The molecule has 5 heteroatoms. The summed E-state index contributed by atoms with van der Waals surface area (Å²) in [5.41, 5.74) is 5.53. The first kappa shape index (κ1) is 17.7. The highest BCUT2D eigenvalue weighted by Gasteiger charge is 2.11. The summed E-state index contributed by atoms with van der Waals surface area (Å²) in [7, 11) is 0. The third kappa shape index (κ3) is 3.77. The van der Waals surface area contributed by atoms with Crippen LogP contribution in [0.4, 0.5) is 0 Å². The summed E-state index contributed by atoms with van der Waals surface area (Å²) in [6.45, 7) is 4.16. The predicted octanol–water partition coefficient (Wildman–Crippen LogP) is 6.80. The average molecular weight is 385 g/mol. The van der Waals surface area contributed by atoms with Gasteiger partial charge in [0.1, 0.15) is 11.1 Å². The summed E-state index contributed by atoms with van der Waals surface area (Å²) in [5.74, 6) is 0. The van der Waals surface area contributed by atoms with Crippen LogP contribution in [0.3, 0.4) is 0 Å². The molecule has 3 rings (SSSR count). The molecule has 1 heterocycles. The van der Waals surface area contributed by atoms with E-state index in [1.807, 2.05) is 17.5 Å². The van der Waals surface area contributed by atoms with Gasteiger partial charge in [-0.25, -0.2) is 4.98 Å². The molecule has 25 heavy (non-hydrogen) atoms. The van der Waals surface area contributed by atoms with Gasteiger partial charge in [0, 0.05) is 10.9 Å². The largest absolute Gasteiger partial charge is 0.235 e. The van der Waals surface area contributed by atoms with Crippen LogP contribution < -0.4 is 0 Å². The van der Waals surface area contributed by atoms with Gasteiger partial charge in [-0.05, 0) is 48.7 Å². The van der Waals surface area contributed by atoms with Crippen molar-refractivity contribution in [2.24, 2.45) is 0 Å². The van der Waals surface area contributed by atoms with Gasteiger partial charge in [0.15, 0.2) is 0 Å². The quantitative estimate of drug-likeness (QED) is 0.465. The van der Waals surface area contributed by atoms with Gasteiger partial charge in [-0.3, -0.25) is 0 Å². The van der Waals surface area contributed by atoms with E-state index in [2.05, 4.69) is 37.0 Å². The van der Waals surface area contributed by atoms with Crippen molar-refractivity contribution in [2.45, 2.75) is 13.8 Å². The van der Waals surface area contributed by atoms with E-state index in [1.54, 1.807) is 18.2 Å². The van der Waals surface area contributed by atoms with E-state index in [-0.39, 0.29) is 0 Å². The first-order chi connectivity index (χ1) is 12.0. The smallest absolute Gasteiger partial charge is 0.134 e. The Hall–Kier alpha value is -2.12. The van der Waals surface area contributed by atoms with Gasteiger partial charge in [-0.15, -0.1) is 11.3 Å². The zero-order valence-electron chi connectivity index (χ0n) is 13.7. The molecule has 0 amide bonds. The summed E-state index contributed by atoms with van der Waals surface area (Å²) in [6, 6.07) is 13.8. The van der Waals surface area contributed by atoms with Gasteiger partial charge < -0.3 is 0 Å². The second-order valence-corrected chi connectivity index (χ2v) is 7.29. The van der Waals surface area contributed by atoms with Gasteiger partial charge in [0.25, 0.3) is 0 Å². The number of benzene rings is 2. The molecule has 2 aromatic carbocycles. The number of halogens is 2. The Kier molecular flexibility index (Phi) is 5.24. The van der Waals surface area contributed by atoms with Gasteiger partial charge in [-0.2, -0.15) is 5.26 Å². The van der Waals surface area contributed by atoms with Crippen LogP contribution in [-0.4, -0.2) is 4.98 Å². The normalized spacial score (nSPS) is 11.4. The highest BCUT2D eigenvalue weighted by molar-refractivity contribution is 7.11. The van der Waals surface area contributed by atoms with Crippen molar-refractivity contribution in [1.82, 2.24) is 4.98 Å². The van der Waals surface area contributed by atoms with Crippen molar-refractivity contribution in [3.63, 3.8) is 0 Å². The topological polar surface area (TPSA) is 36.7 Å². The lowest BCUT2D eigenvalue weighted by atomic mass is 10.1. The van der Waals surface area contributed by atoms with Gasteiger partial charge in [-0.1, -0.05) is 47.5 Å². The molecule has 2 nitrogen and oxygen atoms in total. The third-order valence-electron chi connectivity index (χ3n) is 3.94. The van der Waals surface area contributed by atoms with Crippen LogP contribution >= 0.6 is 34.5 Å². The van der Waals surface area contributed by atoms with E-state index in [0.717, 1.165) is 11.3 Å². The predicted molar refractivity (Wildman–Crippen MR) is 107 cm³/mol. The van der Waals surface area contributed by atoms with Crippen molar-refractivity contribution in [2.75, 3.05) is 0 Å². The molecule has 0 saturated carbocycles. The molecule has 0 spiro atoms. The number of nitrogens with zero attached hydrogens (tertiary/aromatic N) is 2. The number of nitriles is 1. The van der Waals surface area contributed by atoms with E-state index in [4.69, 9.17) is 23.2 Å². The number of hydrogen-bond donors (Lipinski definition) is 0. The Bertz CT molecular complexity index is 1010. The lowest BCUT2D eigenvalue weighted by Gasteiger charge is -2.02. The molecular weight excluding hydrogens is 371 g/mol. The maximum absolute atomic E-state index is 9.53. The van der Waals surface area contributed by atoms with E-state index < -0.39 is 0 Å². The SMILES string of the molecule is Cc1ccc(-c2csc(/C(C#N)=C\c3cccc(Cl)c3Cl)n2)cc1C. The zero-order valence-corrected chi connectivity index (χ0v) is 16.0. The summed E-state index contributed by atoms with van der Waals surface area (Å²) < 4.78 is 0. The fourth-order valence-electron chi connectivity index (χ4n) is 2.36. The Labute approximate surface area is 161 Å². The van der Waals surface area contributed by atoms with Crippen molar-refractivity contribution in [1.29, 1.82) is 5.26 Å². The highest BCUT2D eigenvalue weighted by Crippen LogP contribution is 2.31. The molecule has 0 N–H and O–H groups in total. The second-order valence-electron chi connectivity index (χ2n) is 5.65. The van der Waals surface area contributed by atoms with Crippen molar-refractivity contribution in [3.8, 4) is 17.3 Å². The van der Waals surface area contributed by atoms with Gasteiger partial charge >= 0.3 is 0 Å². The third-order valence-corrected chi connectivity index (χ3v) is 5.65. The fourth-order valence-corrected chi connectivity index (χ4v) is 3.52. The molecule has 0 unspecified atom stereocenters. The Morgan fingerprint density at radius 2 is 1.96 bits per heavy atom. The number of allylic oxidation sites excluding steroid dienone is 1. The molecule has 0 saturated heterocycles. The first-order valence-corrected chi connectivity index (χ1v) is 9.22. The Morgan fingerprint density at radius 3 is 2.68 bits per heavy atom. The van der Waals surface area contributed by atoms with Crippen molar-refractivity contribution in [3.05, 3.63) is 73.5 Å². The van der Waals surface area contributed by atoms with Crippen molar-refractivity contribution < 1.29 is 0 Å². The van der Waals surface area contributed by atoms with E-state index in [9.17, 15) is 5.26 Å². The molecule has 0 aliphatic carbocycles. The van der Waals surface area contributed by atoms with Crippen LogP contribution in [0.1, 0.15) is 21.7 Å². The summed E-state index contributed by atoms with van der Waals surface area (Å²) in [5, 5.41) is 13.0. The van der Waals surface area contributed by atoms with E-state index in [0.29, 0.717) is 26.2 Å². The van der Waals surface area contributed by atoms with Gasteiger partial charge in [0.2, 0.25) is 0 Å². The van der Waals surface area contributed by atoms with Crippen LogP contribution in [0.25, 0.3) is 22.9 Å². The summed E-state index contributed by atoms with van der Waals surface area (Å²) in [4.78, 5) is 4.62. The number of aryl methyl sites for hydroxylation is 2. The maximum Gasteiger partial charge on any atom is 0.134 e. The highest BCUT2D eigenvalue weighted by atomic mass is 35.5. The molecule has 1 aromatic heterocycles. The van der Waals surface area contributed by atoms with Crippen LogP contribution in [0.5, 0.6) is 0 Å². The number of aromatic nitrogens is 1. The van der Waals surface area contributed by atoms with Crippen molar-refractivity contribution >= 4 is 46.2 Å². The molecule has 0 radical (unpaired) electrons. The lowest BCUT2D eigenvalue weighted by Crippen LogP contribution is -1.86. The fraction of sp³-hybridized carbons (Fsp3) is 0.100. The van der Waals surface area contributed by atoms with Gasteiger partial charge in [0.05, 0.1) is 21.3 Å². The summed E-state index contributed by atoms with van der Waals surface area (Å²) >= 11 is 13.7. The van der Waals surface area contributed by atoms with E-state index >= 15 is 0 Å². The molecule has 0 aliphatic heterocycles. The van der Waals surface area contributed by atoms with Crippen LogP contribution in [0.15, 0.2) is 41.8 Å². The number of hydrogen-bond acceptors (Lipinski definition) is 3. The molecule has 124 valence electrons. The average Bonchev–Trinajstić information content (AvgIpc) is 3.08. The monoisotopic (exact) mass is 384 g/mol. The molecule has 3 aromatic rings. The molecule has 0 bridgehead atoms. The molecule has 0 atom stereocenters.